The van der Waals surface area contributed by atoms with Crippen molar-refractivity contribution in [2.45, 2.75) is 31.6 Å². The third-order valence-corrected chi connectivity index (χ3v) is 4.75. The van der Waals surface area contributed by atoms with E-state index in [-0.39, 0.29) is 0 Å². The average Bonchev–Trinajstić information content (AvgIpc) is 2.30. The van der Waals surface area contributed by atoms with Crippen molar-refractivity contribution in [2.75, 3.05) is 32.1 Å². The van der Waals surface area contributed by atoms with Crippen LogP contribution in [0.5, 0.6) is 0 Å². The molecular formula is C11H21NOS. The van der Waals surface area contributed by atoms with Crippen LogP contribution in [0.15, 0.2) is 0 Å². The molecule has 3 heteroatoms. The first-order valence-electron chi connectivity index (χ1n) is 5.83. The van der Waals surface area contributed by atoms with E-state index in [1.54, 1.807) is 0 Å². The molecule has 0 bridgehead atoms. The average molecular weight is 215 g/mol. The highest BCUT2D eigenvalue weighted by Gasteiger charge is 2.27. The van der Waals surface area contributed by atoms with E-state index < -0.39 is 0 Å². The first-order valence-corrected chi connectivity index (χ1v) is 6.88. The Morgan fingerprint density at radius 1 is 1.36 bits per heavy atom. The zero-order valence-corrected chi connectivity index (χ0v) is 9.89. The molecule has 0 spiro atoms. The molecule has 2 rings (SSSR count). The maximum atomic E-state index is 5.39. The molecule has 2 unspecified atom stereocenters. The molecule has 2 atom stereocenters. The first-order chi connectivity index (χ1) is 6.90. The van der Waals surface area contributed by atoms with Crippen molar-refractivity contribution in [3.63, 3.8) is 0 Å². The summed E-state index contributed by atoms with van der Waals surface area (Å²) < 4.78 is 5.39. The highest BCUT2D eigenvalue weighted by atomic mass is 32.2. The molecule has 0 saturated carbocycles. The van der Waals surface area contributed by atoms with E-state index in [1.165, 1.54) is 25.0 Å². The van der Waals surface area contributed by atoms with Crippen LogP contribution in [0.2, 0.25) is 0 Å². The van der Waals surface area contributed by atoms with Gasteiger partial charge in [0, 0.05) is 13.1 Å². The van der Waals surface area contributed by atoms with Crippen LogP contribution in [-0.4, -0.2) is 42.3 Å². The Balaban J connectivity index is 1.83. The summed E-state index contributed by atoms with van der Waals surface area (Å²) in [6.07, 6.45) is 4.20. The molecule has 0 aromatic carbocycles. The predicted molar refractivity (Wildman–Crippen MR) is 61.7 cm³/mol. The SMILES string of the molecule is CCC1CCSC(N2CCOCC2)C1. The topological polar surface area (TPSA) is 12.5 Å². The number of hydrogen-bond donors (Lipinski definition) is 0. The molecule has 0 aromatic rings. The maximum absolute atomic E-state index is 5.39. The molecule has 2 aliphatic heterocycles. The first kappa shape index (κ1) is 10.8. The standard InChI is InChI=1S/C11H21NOS/c1-2-10-3-8-14-11(9-10)12-4-6-13-7-5-12/h10-11H,2-9H2,1H3. The summed E-state index contributed by atoms with van der Waals surface area (Å²) in [5.74, 6) is 2.34. The van der Waals surface area contributed by atoms with Crippen LogP contribution in [0, 0.1) is 5.92 Å². The summed E-state index contributed by atoms with van der Waals surface area (Å²) in [5.41, 5.74) is 0. The maximum Gasteiger partial charge on any atom is 0.0594 e. The molecule has 0 radical (unpaired) electrons. The minimum Gasteiger partial charge on any atom is -0.379 e. The van der Waals surface area contributed by atoms with Crippen LogP contribution in [-0.2, 0) is 4.74 Å². The molecule has 0 aliphatic carbocycles. The lowest BCUT2D eigenvalue weighted by atomic mass is 9.98. The number of rotatable bonds is 2. The van der Waals surface area contributed by atoms with Crippen molar-refractivity contribution >= 4 is 11.8 Å². The largest absolute Gasteiger partial charge is 0.379 e. The molecule has 2 aliphatic rings. The zero-order chi connectivity index (χ0) is 9.80. The summed E-state index contributed by atoms with van der Waals surface area (Å²) in [6, 6.07) is 0. The third-order valence-electron chi connectivity index (χ3n) is 3.40. The molecule has 2 saturated heterocycles. The molecule has 2 fully saturated rings. The highest BCUT2D eigenvalue weighted by molar-refractivity contribution is 7.99. The van der Waals surface area contributed by atoms with E-state index >= 15 is 0 Å². The quantitative estimate of drug-likeness (QED) is 0.700. The Bertz CT molecular complexity index is 171. The van der Waals surface area contributed by atoms with Crippen LogP contribution in [0.4, 0.5) is 0 Å². The Labute approximate surface area is 91.4 Å². The van der Waals surface area contributed by atoms with E-state index in [1.807, 2.05) is 0 Å². The second-order valence-corrected chi connectivity index (χ2v) is 5.56. The smallest absolute Gasteiger partial charge is 0.0594 e. The van der Waals surface area contributed by atoms with Gasteiger partial charge in [0.25, 0.3) is 0 Å². The summed E-state index contributed by atoms with van der Waals surface area (Å²) in [6.45, 7) is 6.50. The van der Waals surface area contributed by atoms with Gasteiger partial charge >= 0.3 is 0 Å². The molecule has 2 heterocycles. The monoisotopic (exact) mass is 215 g/mol. The Hall–Kier alpha value is 0.270. The number of ether oxygens (including phenoxy) is 1. The minimum atomic E-state index is 0.789. The van der Waals surface area contributed by atoms with Crippen molar-refractivity contribution in [3.8, 4) is 0 Å². The van der Waals surface area contributed by atoms with Gasteiger partial charge in [0.1, 0.15) is 0 Å². The van der Waals surface area contributed by atoms with E-state index in [4.69, 9.17) is 4.74 Å². The van der Waals surface area contributed by atoms with Gasteiger partial charge in [0.05, 0.1) is 18.6 Å². The van der Waals surface area contributed by atoms with Gasteiger partial charge in [-0.15, -0.1) is 11.8 Å². The number of hydrogen-bond acceptors (Lipinski definition) is 3. The lowest BCUT2D eigenvalue weighted by Gasteiger charge is -2.38. The summed E-state index contributed by atoms with van der Waals surface area (Å²) in [5, 5.41) is 0.789. The predicted octanol–water partition coefficient (Wildman–Crippen LogP) is 2.20. The van der Waals surface area contributed by atoms with Gasteiger partial charge in [-0.25, -0.2) is 0 Å². The van der Waals surface area contributed by atoms with Gasteiger partial charge in [-0.1, -0.05) is 13.3 Å². The molecule has 0 aromatic heterocycles. The van der Waals surface area contributed by atoms with E-state index in [2.05, 4.69) is 23.6 Å². The molecule has 0 N–H and O–H groups in total. The van der Waals surface area contributed by atoms with Crippen LogP contribution in [0.1, 0.15) is 26.2 Å². The second-order valence-electron chi connectivity index (χ2n) is 4.27. The van der Waals surface area contributed by atoms with Crippen LogP contribution in [0.3, 0.4) is 0 Å². The zero-order valence-electron chi connectivity index (χ0n) is 9.08. The lowest BCUT2D eigenvalue weighted by Crippen LogP contribution is -2.44. The van der Waals surface area contributed by atoms with E-state index in [0.717, 1.165) is 37.6 Å². The molecule has 2 nitrogen and oxygen atoms in total. The van der Waals surface area contributed by atoms with Crippen LogP contribution < -0.4 is 0 Å². The van der Waals surface area contributed by atoms with Gasteiger partial charge in [-0.05, 0) is 24.5 Å². The molecule has 14 heavy (non-hydrogen) atoms. The van der Waals surface area contributed by atoms with Gasteiger partial charge < -0.3 is 4.74 Å². The Morgan fingerprint density at radius 3 is 2.86 bits per heavy atom. The summed E-state index contributed by atoms with van der Waals surface area (Å²) >= 11 is 2.16. The minimum absolute atomic E-state index is 0.789. The normalized spacial score (nSPS) is 35.8. The Morgan fingerprint density at radius 2 is 2.14 bits per heavy atom. The number of nitrogens with zero attached hydrogens (tertiary/aromatic N) is 1. The van der Waals surface area contributed by atoms with Crippen molar-refractivity contribution in [1.82, 2.24) is 4.90 Å². The summed E-state index contributed by atoms with van der Waals surface area (Å²) in [4.78, 5) is 2.62. The van der Waals surface area contributed by atoms with Crippen molar-refractivity contribution in [1.29, 1.82) is 0 Å². The van der Waals surface area contributed by atoms with Gasteiger partial charge in [-0.2, -0.15) is 0 Å². The highest BCUT2D eigenvalue weighted by Crippen LogP contribution is 2.33. The van der Waals surface area contributed by atoms with E-state index in [0.29, 0.717) is 0 Å². The fraction of sp³-hybridized carbons (Fsp3) is 1.00. The van der Waals surface area contributed by atoms with Gasteiger partial charge in [0.2, 0.25) is 0 Å². The second kappa shape index (κ2) is 5.38. The van der Waals surface area contributed by atoms with Crippen molar-refractivity contribution in [2.24, 2.45) is 5.92 Å². The van der Waals surface area contributed by atoms with Crippen LogP contribution >= 0.6 is 11.8 Å². The van der Waals surface area contributed by atoms with Gasteiger partial charge in [-0.3, -0.25) is 4.90 Å². The Kier molecular flexibility index (Phi) is 4.14. The van der Waals surface area contributed by atoms with Gasteiger partial charge in [0.15, 0.2) is 0 Å². The molecular weight excluding hydrogens is 194 g/mol. The van der Waals surface area contributed by atoms with Crippen molar-refractivity contribution < 1.29 is 4.74 Å². The molecule has 82 valence electrons. The lowest BCUT2D eigenvalue weighted by molar-refractivity contribution is 0.0280. The molecule has 0 amide bonds. The summed E-state index contributed by atoms with van der Waals surface area (Å²) in [7, 11) is 0. The fourth-order valence-electron chi connectivity index (χ4n) is 2.33. The van der Waals surface area contributed by atoms with Crippen LogP contribution in [0.25, 0.3) is 0 Å². The third kappa shape index (κ3) is 2.65. The number of thioether (sulfide) groups is 1. The van der Waals surface area contributed by atoms with Crippen molar-refractivity contribution in [3.05, 3.63) is 0 Å². The van der Waals surface area contributed by atoms with E-state index in [9.17, 15) is 0 Å². The number of morpholine rings is 1. The fourth-order valence-corrected chi connectivity index (χ4v) is 3.90.